The molecule has 1 aromatic carbocycles. The maximum absolute atomic E-state index is 5.18. The predicted molar refractivity (Wildman–Crippen MR) is 87.7 cm³/mol. The van der Waals surface area contributed by atoms with Gasteiger partial charge < -0.3 is 15.0 Å². The maximum Gasteiger partial charge on any atom is 0.193 e. The van der Waals surface area contributed by atoms with Crippen LogP contribution in [-0.4, -0.2) is 38.1 Å². The van der Waals surface area contributed by atoms with Gasteiger partial charge in [-0.2, -0.15) is 0 Å². The Morgan fingerprint density at radius 3 is 2.38 bits per heavy atom. The van der Waals surface area contributed by atoms with Gasteiger partial charge in [-0.1, -0.05) is 26.0 Å². The molecule has 0 saturated carbocycles. The van der Waals surface area contributed by atoms with Gasteiger partial charge in [-0.05, 0) is 36.0 Å². The Morgan fingerprint density at radius 2 is 1.86 bits per heavy atom. The van der Waals surface area contributed by atoms with Gasteiger partial charge in [0.15, 0.2) is 5.96 Å². The molecule has 116 valence electrons. The van der Waals surface area contributed by atoms with Crippen molar-refractivity contribution < 1.29 is 4.74 Å². The molecule has 2 atom stereocenters. The van der Waals surface area contributed by atoms with E-state index in [1.807, 2.05) is 19.2 Å². The lowest BCUT2D eigenvalue weighted by atomic mass is 9.92. The van der Waals surface area contributed by atoms with E-state index in [1.54, 1.807) is 7.11 Å². The minimum Gasteiger partial charge on any atom is -0.497 e. The molecule has 0 aliphatic carbocycles. The highest BCUT2D eigenvalue weighted by Gasteiger charge is 2.23. The van der Waals surface area contributed by atoms with Crippen LogP contribution < -0.4 is 10.1 Å². The van der Waals surface area contributed by atoms with E-state index in [0.29, 0.717) is 0 Å². The molecule has 0 amide bonds. The molecule has 21 heavy (non-hydrogen) atoms. The molecule has 1 fully saturated rings. The third kappa shape index (κ3) is 4.38. The standard InChI is InChI=1S/C17H27N3O/c1-13-9-14(2)12-20(11-13)17(18-3)19-10-15-5-7-16(21-4)8-6-15/h5-8,13-14H,9-12H2,1-4H3,(H,18,19). The zero-order chi connectivity index (χ0) is 15.2. The molecule has 2 rings (SSSR count). The molecule has 4 nitrogen and oxygen atoms in total. The van der Waals surface area contributed by atoms with Crippen molar-refractivity contribution in [3.8, 4) is 5.75 Å². The van der Waals surface area contributed by atoms with Crippen molar-refractivity contribution in [2.45, 2.75) is 26.8 Å². The van der Waals surface area contributed by atoms with Gasteiger partial charge in [0.1, 0.15) is 5.75 Å². The number of rotatable bonds is 3. The lowest BCUT2D eigenvalue weighted by Crippen LogP contribution is -2.48. The fraction of sp³-hybridized carbons (Fsp3) is 0.588. The Hall–Kier alpha value is -1.71. The summed E-state index contributed by atoms with van der Waals surface area (Å²) in [5.41, 5.74) is 1.23. The molecule has 1 saturated heterocycles. The van der Waals surface area contributed by atoms with Crippen LogP contribution in [-0.2, 0) is 6.54 Å². The number of guanidine groups is 1. The van der Waals surface area contributed by atoms with Crippen LogP contribution in [0.5, 0.6) is 5.75 Å². The molecule has 0 aromatic heterocycles. The van der Waals surface area contributed by atoms with Crippen molar-refractivity contribution in [2.75, 3.05) is 27.2 Å². The predicted octanol–water partition coefficient (Wildman–Crippen LogP) is 2.75. The summed E-state index contributed by atoms with van der Waals surface area (Å²) < 4.78 is 5.18. The second kappa shape index (κ2) is 7.34. The molecule has 0 spiro atoms. The monoisotopic (exact) mass is 289 g/mol. The summed E-state index contributed by atoms with van der Waals surface area (Å²) in [6, 6.07) is 8.15. The molecular weight excluding hydrogens is 262 g/mol. The smallest absolute Gasteiger partial charge is 0.193 e. The quantitative estimate of drug-likeness (QED) is 0.686. The number of aliphatic imine (C=N–C) groups is 1. The topological polar surface area (TPSA) is 36.9 Å². The van der Waals surface area contributed by atoms with Gasteiger partial charge in [-0.3, -0.25) is 4.99 Å². The highest BCUT2D eigenvalue weighted by molar-refractivity contribution is 5.80. The van der Waals surface area contributed by atoms with Crippen LogP contribution in [0, 0.1) is 11.8 Å². The fourth-order valence-corrected chi connectivity index (χ4v) is 3.09. The first-order chi connectivity index (χ1) is 10.1. The van der Waals surface area contributed by atoms with Crippen molar-refractivity contribution in [2.24, 2.45) is 16.8 Å². The molecule has 0 radical (unpaired) electrons. The number of piperidine rings is 1. The van der Waals surface area contributed by atoms with Crippen LogP contribution in [0.25, 0.3) is 0 Å². The molecule has 1 heterocycles. The third-order valence-corrected chi connectivity index (χ3v) is 3.99. The Morgan fingerprint density at radius 1 is 1.24 bits per heavy atom. The highest BCUT2D eigenvalue weighted by Crippen LogP contribution is 2.21. The number of nitrogens with zero attached hydrogens (tertiary/aromatic N) is 2. The van der Waals surface area contributed by atoms with Crippen molar-refractivity contribution in [1.82, 2.24) is 10.2 Å². The molecule has 2 unspecified atom stereocenters. The summed E-state index contributed by atoms with van der Waals surface area (Å²) in [6.07, 6.45) is 1.31. The molecule has 4 heteroatoms. The summed E-state index contributed by atoms with van der Waals surface area (Å²) in [5, 5.41) is 3.47. The lowest BCUT2D eigenvalue weighted by Gasteiger charge is -2.37. The fourth-order valence-electron chi connectivity index (χ4n) is 3.09. The molecular formula is C17H27N3O. The van der Waals surface area contributed by atoms with Gasteiger partial charge in [0, 0.05) is 26.7 Å². The minimum atomic E-state index is 0.730. The van der Waals surface area contributed by atoms with E-state index >= 15 is 0 Å². The summed E-state index contributed by atoms with van der Waals surface area (Å²) in [5.74, 6) is 3.35. The minimum absolute atomic E-state index is 0.730. The van der Waals surface area contributed by atoms with Crippen LogP contribution in [0.1, 0.15) is 25.8 Å². The van der Waals surface area contributed by atoms with E-state index in [0.717, 1.165) is 43.2 Å². The zero-order valence-corrected chi connectivity index (χ0v) is 13.6. The first kappa shape index (κ1) is 15.7. The number of benzene rings is 1. The highest BCUT2D eigenvalue weighted by atomic mass is 16.5. The number of methoxy groups -OCH3 is 1. The molecule has 1 N–H and O–H groups in total. The van der Waals surface area contributed by atoms with E-state index in [-0.39, 0.29) is 0 Å². The van der Waals surface area contributed by atoms with Crippen molar-refractivity contribution >= 4 is 5.96 Å². The number of hydrogen-bond donors (Lipinski definition) is 1. The maximum atomic E-state index is 5.18. The Bertz CT molecular complexity index is 459. The number of ether oxygens (including phenoxy) is 1. The Labute approximate surface area is 128 Å². The first-order valence-corrected chi connectivity index (χ1v) is 7.71. The van der Waals surface area contributed by atoms with Crippen LogP contribution in [0.2, 0.25) is 0 Å². The van der Waals surface area contributed by atoms with Crippen LogP contribution in [0.4, 0.5) is 0 Å². The van der Waals surface area contributed by atoms with E-state index in [4.69, 9.17) is 4.74 Å². The second-order valence-corrected chi connectivity index (χ2v) is 6.10. The SMILES string of the molecule is CN=C(NCc1ccc(OC)cc1)N1CC(C)CC(C)C1. The number of hydrogen-bond acceptors (Lipinski definition) is 2. The summed E-state index contributed by atoms with van der Waals surface area (Å²) in [4.78, 5) is 6.81. The second-order valence-electron chi connectivity index (χ2n) is 6.10. The first-order valence-electron chi connectivity index (χ1n) is 7.71. The zero-order valence-electron chi connectivity index (χ0n) is 13.6. The van der Waals surface area contributed by atoms with Gasteiger partial charge >= 0.3 is 0 Å². The van der Waals surface area contributed by atoms with E-state index in [1.165, 1.54) is 12.0 Å². The van der Waals surface area contributed by atoms with Gasteiger partial charge in [-0.15, -0.1) is 0 Å². The molecule has 1 aliphatic rings. The molecule has 1 aromatic rings. The summed E-state index contributed by atoms with van der Waals surface area (Å²) in [6.45, 7) is 7.61. The van der Waals surface area contributed by atoms with Crippen molar-refractivity contribution in [3.63, 3.8) is 0 Å². The largest absolute Gasteiger partial charge is 0.497 e. The Balaban J connectivity index is 1.93. The molecule has 1 aliphatic heterocycles. The summed E-state index contributed by atoms with van der Waals surface area (Å²) in [7, 11) is 3.55. The average Bonchev–Trinajstić information content (AvgIpc) is 2.47. The van der Waals surface area contributed by atoms with Gasteiger partial charge in [-0.25, -0.2) is 0 Å². The third-order valence-electron chi connectivity index (χ3n) is 3.99. The molecule has 0 bridgehead atoms. The van der Waals surface area contributed by atoms with Crippen LogP contribution in [0.3, 0.4) is 0 Å². The van der Waals surface area contributed by atoms with Crippen molar-refractivity contribution in [1.29, 1.82) is 0 Å². The average molecular weight is 289 g/mol. The van der Waals surface area contributed by atoms with Gasteiger partial charge in [0.05, 0.1) is 7.11 Å². The lowest BCUT2D eigenvalue weighted by molar-refractivity contribution is 0.208. The number of likely N-dealkylation sites (tertiary alicyclic amines) is 1. The van der Waals surface area contributed by atoms with Gasteiger partial charge in [0.2, 0.25) is 0 Å². The van der Waals surface area contributed by atoms with Crippen LogP contribution >= 0.6 is 0 Å². The van der Waals surface area contributed by atoms with E-state index in [2.05, 4.69) is 41.2 Å². The summed E-state index contributed by atoms with van der Waals surface area (Å²) >= 11 is 0. The van der Waals surface area contributed by atoms with E-state index < -0.39 is 0 Å². The Kier molecular flexibility index (Phi) is 5.48. The number of nitrogens with one attached hydrogen (secondary N) is 1. The van der Waals surface area contributed by atoms with Crippen LogP contribution in [0.15, 0.2) is 29.3 Å². The normalized spacial score (nSPS) is 23.0. The van der Waals surface area contributed by atoms with Crippen molar-refractivity contribution in [3.05, 3.63) is 29.8 Å². The van der Waals surface area contributed by atoms with E-state index in [9.17, 15) is 0 Å². The van der Waals surface area contributed by atoms with Gasteiger partial charge in [0.25, 0.3) is 0 Å².